The first-order valence-electron chi connectivity index (χ1n) is 7.96. The van der Waals surface area contributed by atoms with Gasteiger partial charge in [0.1, 0.15) is 5.75 Å². The monoisotopic (exact) mass is 287 g/mol. The lowest BCUT2D eigenvalue weighted by molar-refractivity contribution is 0.0467. The van der Waals surface area contributed by atoms with Crippen LogP contribution in [-0.2, 0) is 11.2 Å². The number of hydrogen-bond donors (Lipinski definition) is 1. The predicted octanol–water partition coefficient (Wildman–Crippen LogP) is 3.97. The third kappa shape index (κ3) is 2.59. The Morgan fingerprint density at radius 3 is 2.57 bits per heavy atom. The van der Waals surface area contributed by atoms with Gasteiger partial charge in [-0.25, -0.2) is 0 Å². The number of methoxy groups -OCH3 is 1. The molecule has 1 fully saturated rings. The molecule has 0 atom stereocenters. The zero-order valence-electron chi connectivity index (χ0n) is 13.2. The highest BCUT2D eigenvalue weighted by atomic mass is 16.5. The van der Waals surface area contributed by atoms with E-state index >= 15 is 0 Å². The summed E-state index contributed by atoms with van der Waals surface area (Å²) in [5.74, 6) is 0.885. The molecule has 2 aliphatic rings. The first-order valence-corrected chi connectivity index (χ1v) is 7.96. The fraction of sp³-hybridized carbons (Fsp3) is 0.611. The Bertz CT molecular complexity index is 542. The largest absolute Gasteiger partial charge is 0.491 e. The van der Waals surface area contributed by atoms with Gasteiger partial charge in [-0.2, -0.15) is 0 Å². The molecule has 3 rings (SSSR count). The van der Waals surface area contributed by atoms with Crippen molar-refractivity contribution in [2.75, 3.05) is 7.11 Å². The highest BCUT2D eigenvalue weighted by molar-refractivity contribution is 6.07. The van der Waals surface area contributed by atoms with Gasteiger partial charge in [0.15, 0.2) is 0 Å². The maximum absolute atomic E-state index is 8.68. The number of ether oxygens (including phenoxy) is 2. The summed E-state index contributed by atoms with van der Waals surface area (Å²) < 4.78 is 11.3. The number of fused-ring (bicyclic) bond motifs is 1. The standard InChI is InChI=1S/C18H25NO2/c1-12(2)21-15-5-4-13-11-18(17(19)16(13)10-15)8-6-14(20-3)7-9-18/h4-5,10,12,14,19H,6-9,11H2,1-3H3. The number of hydrogen-bond acceptors (Lipinski definition) is 3. The fourth-order valence-corrected chi connectivity index (χ4v) is 3.83. The van der Waals surface area contributed by atoms with Crippen LogP contribution >= 0.6 is 0 Å². The van der Waals surface area contributed by atoms with Gasteiger partial charge in [0.2, 0.25) is 0 Å². The van der Waals surface area contributed by atoms with Gasteiger partial charge in [-0.1, -0.05) is 6.07 Å². The molecule has 1 aromatic carbocycles. The summed E-state index contributed by atoms with van der Waals surface area (Å²) >= 11 is 0. The van der Waals surface area contributed by atoms with Gasteiger partial charge < -0.3 is 14.9 Å². The van der Waals surface area contributed by atoms with Gasteiger partial charge in [0.05, 0.1) is 12.2 Å². The smallest absolute Gasteiger partial charge is 0.120 e. The SMILES string of the molecule is COC1CCC2(CC1)Cc1ccc(OC(C)C)cc1C2=N. The summed E-state index contributed by atoms with van der Waals surface area (Å²) in [6, 6.07) is 6.26. The van der Waals surface area contributed by atoms with Crippen molar-refractivity contribution in [2.45, 2.75) is 58.2 Å². The topological polar surface area (TPSA) is 42.3 Å². The first-order chi connectivity index (χ1) is 10.0. The highest BCUT2D eigenvalue weighted by Crippen LogP contribution is 2.48. The van der Waals surface area contributed by atoms with Gasteiger partial charge in [-0.3, -0.25) is 0 Å². The zero-order valence-corrected chi connectivity index (χ0v) is 13.2. The molecule has 1 spiro atoms. The van der Waals surface area contributed by atoms with Crippen LogP contribution in [0.2, 0.25) is 0 Å². The molecule has 2 aliphatic carbocycles. The normalized spacial score (nSPS) is 28.2. The maximum Gasteiger partial charge on any atom is 0.120 e. The summed E-state index contributed by atoms with van der Waals surface area (Å²) in [6.07, 6.45) is 5.85. The van der Waals surface area contributed by atoms with Crippen molar-refractivity contribution in [3.8, 4) is 5.75 Å². The van der Waals surface area contributed by atoms with Gasteiger partial charge >= 0.3 is 0 Å². The molecule has 1 N–H and O–H groups in total. The molecule has 0 bridgehead atoms. The van der Waals surface area contributed by atoms with E-state index in [0.29, 0.717) is 6.10 Å². The molecule has 1 saturated carbocycles. The Morgan fingerprint density at radius 2 is 1.95 bits per heavy atom. The second kappa shape index (κ2) is 5.45. The molecular weight excluding hydrogens is 262 g/mol. The molecule has 3 nitrogen and oxygen atoms in total. The summed E-state index contributed by atoms with van der Waals surface area (Å²) in [6.45, 7) is 4.07. The van der Waals surface area contributed by atoms with Crippen LogP contribution in [-0.4, -0.2) is 25.0 Å². The van der Waals surface area contributed by atoms with Crippen LogP contribution in [0.4, 0.5) is 0 Å². The van der Waals surface area contributed by atoms with Gasteiger partial charge in [0.25, 0.3) is 0 Å². The van der Waals surface area contributed by atoms with Crippen molar-refractivity contribution in [2.24, 2.45) is 5.41 Å². The number of rotatable bonds is 3. The van der Waals surface area contributed by atoms with Crippen LogP contribution in [0.5, 0.6) is 5.75 Å². The van der Waals surface area contributed by atoms with Crippen molar-refractivity contribution >= 4 is 5.71 Å². The first kappa shape index (κ1) is 14.6. The van der Waals surface area contributed by atoms with E-state index in [9.17, 15) is 0 Å². The molecule has 0 radical (unpaired) electrons. The minimum Gasteiger partial charge on any atom is -0.491 e. The van der Waals surface area contributed by atoms with Gasteiger partial charge in [-0.15, -0.1) is 0 Å². The van der Waals surface area contributed by atoms with Crippen molar-refractivity contribution in [1.29, 1.82) is 5.41 Å². The molecule has 21 heavy (non-hydrogen) atoms. The molecule has 0 saturated heterocycles. The molecule has 1 aromatic rings. The molecule has 0 amide bonds. The summed E-state index contributed by atoms with van der Waals surface area (Å²) in [7, 11) is 1.80. The Kier molecular flexibility index (Phi) is 3.78. The minimum atomic E-state index is 0.0494. The fourth-order valence-electron chi connectivity index (χ4n) is 3.83. The second-order valence-corrected chi connectivity index (χ2v) is 6.75. The van der Waals surface area contributed by atoms with Crippen molar-refractivity contribution in [3.63, 3.8) is 0 Å². The quantitative estimate of drug-likeness (QED) is 0.914. The van der Waals surface area contributed by atoms with Crippen LogP contribution in [0.25, 0.3) is 0 Å². The zero-order chi connectivity index (χ0) is 15.0. The summed E-state index contributed by atoms with van der Waals surface area (Å²) in [5.41, 5.74) is 3.28. The summed E-state index contributed by atoms with van der Waals surface area (Å²) in [5, 5.41) is 8.68. The lowest BCUT2D eigenvalue weighted by Crippen LogP contribution is -2.35. The van der Waals surface area contributed by atoms with Crippen LogP contribution < -0.4 is 4.74 Å². The van der Waals surface area contributed by atoms with Crippen LogP contribution in [0.1, 0.15) is 50.7 Å². The van der Waals surface area contributed by atoms with Crippen molar-refractivity contribution < 1.29 is 9.47 Å². The van der Waals surface area contributed by atoms with Gasteiger partial charge in [0, 0.05) is 23.8 Å². The highest BCUT2D eigenvalue weighted by Gasteiger charge is 2.44. The van der Waals surface area contributed by atoms with E-state index in [2.05, 4.69) is 12.1 Å². The molecule has 0 heterocycles. The van der Waals surface area contributed by atoms with Crippen LogP contribution in [0.3, 0.4) is 0 Å². The van der Waals surface area contributed by atoms with Gasteiger partial charge in [-0.05, 0) is 63.6 Å². The molecule has 0 aromatic heterocycles. The lowest BCUT2D eigenvalue weighted by Gasteiger charge is -2.36. The van der Waals surface area contributed by atoms with E-state index in [4.69, 9.17) is 14.9 Å². The Hall–Kier alpha value is -1.35. The lowest BCUT2D eigenvalue weighted by atomic mass is 9.70. The Balaban J connectivity index is 1.82. The van der Waals surface area contributed by atoms with E-state index in [1.165, 1.54) is 5.56 Å². The van der Waals surface area contributed by atoms with Crippen LogP contribution in [0, 0.1) is 10.8 Å². The molecule has 114 valence electrons. The van der Waals surface area contributed by atoms with Crippen molar-refractivity contribution in [1.82, 2.24) is 0 Å². The predicted molar refractivity (Wildman–Crippen MR) is 84.4 cm³/mol. The van der Waals surface area contributed by atoms with E-state index < -0.39 is 0 Å². The molecular formula is C18H25NO2. The summed E-state index contributed by atoms with van der Waals surface area (Å²) in [4.78, 5) is 0. The van der Waals surface area contributed by atoms with E-state index in [1.807, 2.05) is 19.9 Å². The van der Waals surface area contributed by atoms with E-state index in [-0.39, 0.29) is 11.5 Å². The van der Waals surface area contributed by atoms with Crippen molar-refractivity contribution in [3.05, 3.63) is 29.3 Å². The molecule has 0 aliphatic heterocycles. The average molecular weight is 287 g/mol. The third-order valence-electron chi connectivity index (χ3n) is 5.00. The third-order valence-corrected chi connectivity index (χ3v) is 5.00. The maximum atomic E-state index is 8.68. The Labute approximate surface area is 127 Å². The number of benzene rings is 1. The molecule has 0 unspecified atom stereocenters. The van der Waals surface area contributed by atoms with E-state index in [0.717, 1.165) is 49.1 Å². The molecule has 3 heteroatoms. The van der Waals surface area contributed by atoms with Crippen LogP contribution in [0.15, 0.2) is 18.2 Å². The average Bonchev–Trinajstić information content (AvgIpc) is 2.73. The Morgan fingerprint density at radius 1 is 1.24 bits per heavy atom. The minimum absolute atomic E-state index is 0.0494. The van der Waals surface area contributed by atoms with E-state index in [1.54, 1.807) is 7.11 Å². The second-order valence-electron chi connectivity index (χ2n) is 6.75. The number of nitrogens with one attached hydrogen (secondary N) is 1.